The van der Waals surface area contributed by atoms with Gasteiger partial charge in [-0.05, 0) is 41.8 Å². The zero-order valence-electron chi connectivity index (χ0n) is 17.6. The average Bonchev–Trinajstić information content (AvgIpc) is 3.32. The minimum atomic E-state index is -0.115. The van der Waals surface area contributed by atoms with Crippen LogP contribution in [0.15, 0.2) is 71.9 Å². The van der Waals surface area contributed by atoms with E-state index >= 15 is 0 Å². The van der Waals surface area contributed by atoms with E-state index in [4.69, 9.17) is 0 Å². The van der Waals surface area contributed by atoms with E-state index in [0.29, 0.717) is 31.7 Å². The molecule has 4 aromatic rings. The average molecular weight is 428 g/mol. The molecule has 0 bridgehead atoms. The number of piperazine rings is 1. The number of rotatable bonds is 5. The molecule has 3 aromatic heterocycles. The molecule has 162 valence electrons. The SMILES string of the molecule is O=C(c1ccc2cc[nH]c2c1)N1CCN(CCn2nc(-c3ccncc3)ccc2=O)CC1. The van der Waals surface area contributed by atoms with Crippen molar-refractivity contribution in [3.8, 4) is 11.3 Å². The second-order valence-electron chi connectivity index (χ2n) is 7.93. The molecule has 8 nitrogen and oxygen atoms in total. The van der Waals surface area contributed by atoms with E-state index in [1.807, 2.05) is 47.5 Å². The summed E-state index contributed by atoms with van der Waals surface area (Å²) < 4.78 is 1.51. The summed E-state index contributed by atoms with van der Waals surface area (Å²) in [5.74, 6) is 0.0593. The molecule has 0 aliphatic carbocycles. The number of pyridine rings is 1. The van der Waals surface area contributed by atoms with E-state index in [0.717, 1.165) is 35.2 Å². The van der Waals surface area contributed by atoms with Gasteiger partial charge in [0.2, 0.25) is 0 Å². The Labute approximate surface area is 185 Å². The topological polar surface area (TPSA) is 87.1 Å². The zero-order valence-corrected chi connectivity index (χ0v) is 17.6. The first-order chi connectivity index (χ1) is 15.7. The Balaban J connectivity index is 1.18. The first-order valence-electron chi connectivity index (χ1n) is 10.7. The molecule has 1 fully saturated rings. The number of nitrogens with zero attached hydrogens (tertiary/aromatic N) is 5. The lowest BCUT2D eigenvalue weighted by molar-refractivity contribution is 0.0631. The quantitative estimate of drug-likeness (QED) is 0.527. The third-order valence-electron chi connectivity index (χ3n) is 5.93. The van der Waals surface area contributed by atoms with Crippen molar-refractivity contribution in [2.75, 3.05) is 32.7 Å². The highest BCUT2D eigenvalue weighted by Gasteiger charge is 2.22. The van der Waals surface area contributed by atoms with Crippen molar-refractivity contribution in [2.45, 2.75) is 6.54 Å². The van der Waals surface area contributed by atoms with Gasteiger partial charge in [0.25, 0.3) is 11.5 Å². The smallest absolute Gasteiger partial charge is 0.266 e. The normalized spacial score (nSPS) is 14.7. The zero-order chi connectivity index (χ0) is 21.9. The van der Waals surface area contributed by atoms with Crippen LogP contribution in [-0.4, -0.2) is 68.2 Å². The Kier molecular flexibility index (Phi) is 5.51. The maximum absolute atomic E-state index is 12.9. The second kappa shape index (κ2) is 8.76. The fraction of sp³-hybridized carbons (Fsp3) is 0.250. The molecule has 1 aromatic carbocycles. The van der Waals surface area contributed by atoms with Crippen LogP contribution in [0.3, 0.4) is 0 Å². The predicted octanol–water partition coefficient (Wildman–Crippen LogP) is 2.24. The number of nitrogens with one attached hydrogen (secondary N) is 1. The van der Waals surface area contributed by atoms with Gasteiger partial charge in [-0.15, -0.1) is 0 Å². The fourth-order valence-corrected chi connectivity index (χ4v) is 4.06. The molecule has 1 saturated heterocycles. The van der Waals surface area contributed by atoms with Crippen molar-refractivity contribution in [2.24, 2.45) is 0 Å². The summed E-state index contributed by atoms with van der Waals surface area (Å²) in [5, 5.41) is 5.61. The summed E-state index contributed by atoms with van der Waals surface area (Å²) in [6, 6.07) is 14.8. The lowest BCUT2D eigenvalue weighted by Gasteiger charge is -2.34. The lowest BCUT2D eigenvalue weighted by Crippen LogP contribution is -2.49. The van der Waals surface area contributed by atoms with Crippen LogP contribution >= 0.6 is 0 Å². The fourth-order valence-electron chi connectivity index (χ4n) is 4.06. The molecule has 0 radical (unpaired) electrons. The highest BCUT2D eigenvalue weighted by atomic mass is 16.2. The van der Waals surface area contributed by atoms with E-state index in [1.165, 1.54) is 4.68 Å². The second-order valence-corrected chi connectivity index (χ2v) is 7.93. The summed E-state index contributed by atoms with van der Waals surface area (Å²) in [4.78, 5) is 36.5. The summed E-state index contributed by atoms with van der Waals surface area (Å²) in [6.07, 6.45) is 5.30. The molecule has 0 spiro atoms. The summed E-state index contributed by atoms with van der Waals surface area (Å²) >= 11 is 0. The van der Waals surface area contributed by atoms with E-state index in [1.54, 1.807) is 24.5 Å². The Bertz CT molecular complexity index is 1290. The maximum atomic E-state index is 12.9. The highest BCUT2D eigenvalue weighted by Crippen LogP contribution is 2.17. The Hall–Kier alpha value is -3.78. The summed E-state index contributed by atoms with van der Waals surface area (Å²) in [7, 11) is 0. The van der Waals surface area contributed by atoms with Crippen molar-refractivity contribution in [3.05, 3.63) is 83.0 Å². The molecule has 0 atom stereocenters. The van der Waals surface area contributed by atoms with Crippen LogP contribution in [0.1, 0.15) is 10.4 Å². The number of amides is 1. The molecular weight excluding hydrogens is 404 g/mol. The third kappa shape index (κ3) is 4.17. The van der Waals surface area contributed by atoms with Gasteiger partial charge in [-0.3, -0.25) is 19.5 Å². The number of H-pyrrole nitrogens is 1. The van der Waals surface area contributed by atoms with E-state index < -0.39 is 0 Å². The van der Waals surface area contributed by atoms with Gasteiger partial charge in [-0.25, -0.2) is 4.68 Å². The van der Waals surface area contributed by atoms with Gasteiger partial charge in [0.15, 0.2) is 0 Å². The van der Waals surface area contributed by atoms with Crippen molar-refractivity contribution >= 4 is 16.8 Å². The molecule has 32 heavy (non-hydrogen) atoms. The number of carbonyl (C=O) groups excluding carboxylic acids is 1. The van der Waals surface area contributed by atoms with Crippen LogP contribution in [-0.2, 0) is 6.54 Å². The number of hydrogen-bond donors (Lipinski definition) is 1. The van der Waals surface area contributed by atoms with Crippen LogP contribution in [0.4, 0.5) is 0 Å². The first kappa shape index (κ1) is 20.1. The summed E-state index contributed by atoms with van der Waals surface area (Å²) in [5.41, 5.74) is 3.25. The Morgan fingerprint density at radius 2 is 1.75 bits per heavy atom. The number of benzene rings is 1. The molecule has 1 amide bonds. The van der Waals surface area contributed by atoms with Crippen molar-refractivity contribution in [1.29, 1.82) is 0 Å². The van der Waals surface area contributed by atoms with Crippen LogP contribution < -0.4 is 5.56 Å². The van der Waals surface area contributed by atoms with Crippen LogP contribution in [0, 0.1) is 0 Å². The predicted molar refractivity (Wildman–Crippen MR) is 122 cm³/mol. The number of aromatic amines is 1. The molecule has 0 saturated carbocycles. The number of fused-ring (bicyclic) bond motifs is 1. The van der Waals surface area contributed by atoms with Gasteiger partial charge >= 0.3 is 0 Å². The number of hydrogen-bond acceptors (Lipinski definition) is 5. The largest absolute Gasteiger partial charge is 0.361 e. The van der Waals surface area contributed by atoms with Crippen LogP contribution in [0.25, 0.3) is 22.2 Å². The van der Waals surface area contributed by atoms with Gasteiger partial charge in [0, 0.05) is 74.0 Å². The monoisotopic (exact) mass is 428 g/mol. The number of carbonyl (C=O) groups is 1. The highest BCUT2D eigenvalue weighted by molar-refractivity contribution is 5.98. The molecular formula is C24H24N6O2. The lowest BCUT2D eigenvalue weighted by atomic mass is 10.1. The molecule has 4 heterocycles. The molecule has 0 unspecified atom stereocenters. The minimum absolute atomic E-state index is 0.0593. The molecule has 1 N–H and O–H groups in total. The van der Waals surface area contributed by atoms with E-state index in [9.17, 15) is 9.59 Å². The van der Waals surface area contributed by atoms with Crippen molar-refractivity contribution in [1.82, 2.24) is 29.5 Å². The first-order valence-corrected chi connectivity index (χ1v) is 10.7. The van der Waals surface area contributed by atoms with Gasteiger partial charge in [0.1, 0.15) is 0 Å². The van der Waals surface area contributed by atoms with Gasteiger partial charge in [-0.2, -0.15) is 5.10 Å². The van der Waals surface area contributed by atoms with Crippen molar-refractivity contribution in [3.63, 3.8) is 0 Å². The van der Waals surface area contributed by atoms with Gasteiger partial charge < -0.3 is 9.88 Å². The van der Waals surface area contributed by atoms with Gasteiger partial charge in [0.05, 0.1) is 12.2 Å². The van der Waals surface area contributed by atoms with Crippen LogP contribution in [0.5, 0.6) is 0 Å². The van der Waals surface area contributed by atoms with Gasteiger partial charge in [-0.1, -0.05) is 6.07 Å². The molecule has 8 heteroatoms. The van der Waals surface area contributed by atoms with E-state index in [2.05, 4.69) is 20.0 Å². The Morgan fingerprint density at radius 1 is 0.938 bits per heavy atom. The Morgan fingerprint density at radius 3 is 2.56 bits per heavy atom. The van der Waals surface area contributed by atoms with E-state index in [-0.39, 0.29) is 11.5 Å². The molecule has 5 rings (SSSR count). The van der Waals surface area contributed by atoms with Crippen molar-refractivity contribution < 1.29 is 4.79 Å². The molecule has 1 aliphatic heterocycles. The standard InChI is InChI=1S/C24H24N6O2/c31-23-4-3-21(19-5-8-25-9-6-19)27-30(23)16-13-28-11-14-29(15-12-28)24(32)20-2-1-18-7-10-26-22(18)17-20/h1-10,17,26H,11-16H2. The number of aromatic nitrogens is 4. The van der Waals surface area contributed by atoms with Crippen LogP contribution in [0.2, 0.25) is 0 Å². The maximum Gasteiger partial charge on any atom is 0.266 e. The third-order valence-corrected chi connectivity index (χ3v) is 5.93. The summed E-state index contributed by atoms with van der Waals surface area (Å²) in [6.45, 7) is 4.10. The minimum Gasteiger partial charge on any atom is -0.361 e. The molecule has 1 aliphatic rings.